The molecule has 2 rings (SSSR count). The summed E-state index contributed by atoms with van der Waals surface area (Å²) in [5.74, 6) is 1.54. The van der Waals surface area contributed by atoms with Crippen molar-refractivity contribution in [1.29, 1.82) is 0 Å². The molecule has 3 N–H and O–H groups in total. The van der Waals surface area contributed by atoms with Crippen LogP contribution in [0.5, 0.6) is 11.5 Å². The van der Waals surface area contributed by atoms with Crippen LogP contribution >= 0.6 is 0 Å². The fraction of sp³-hybridized carbons (Fsp3) is 0.176. The van der Waals surface area contributed by atoms with E-state index in [-0.39, 0.29) is 0 Å². The van der Waals surface area contributed by atoms with Gasteiger partial charge in [-0.2, -0.15) is 5.10 Å². The quantitative estimate of drug-likeness (QED) is 0.633. The fourth-order valence-electron chi connectivity index (χ4n) is 1.94. The lowest BCUT2D eigenvalue weighted by Crippen LogP contribution is -2.24. The Morgan fingerprint density at radius 2 is 1.73 bits per heavy atom. The summed E-state index contributed by atoms with van der Waals surface area (Å²) in [6.07, 6.45) is 3.72. The molecule has 0 fully saturated rings. The van der Waals surface area contributed by atoms with Gasteiger partial charge in [0.1, 0.15) is 11.5 Å². The SMILES string of the molecule is CCCc1ccc(Oc2ccc(C=NNC(N)=O)cc2)cc1. The van der Waals surface area contributed by atoms with E-state index in [1.807, 2.05) is 36.4 Å². The first-order valence-corrected chi connectivity index (χ1v) is 7.12. The van der Waals surface area contributed by atoms with E-state index in [4.69, 9.17) is 10.5 Å². The third kappa shape index (κ3) is 4.94. The molecule has 2 aromatic rings. The molecule has 5 nitrogen and oxygen atoms in total. The Balaban J connectivity index is 1.95. The number of carbonyl (C=O) groups is 1. The number of amides is 2. The average Bonchev–Trinajstić information content (AvgIpc) is 2.51. The van der Waals surface area contributed by atoms with E-state index in [0.717, 1.165) is 29.9 Å². The number of rotatable bonds is 6. The molecule has 0 bridgehead atoms. The molecule has 0 saturated heterocycles. The molecule has 0 radical (unpaired) electrons. The van der Waals surface area contributed by atoms with Crippen LogP contribution in [0.2, 0.25) is 0 Å². The van der Waals surface area contributed by atoms with Gasteiger partial charge in [0, 0.05) is 0 Å². The lowest BCUT2D eigenvalue weighted by Gasteiger charge is -2.07. The number of carbonyl (C=O) groups excluding carboxylic acids is 1. The van der Waals surface area contributed by atoms with Crippen molar-refractivity contribution >= 4 is 12.2 Å². The lowest BCUT2D eigenvalue weighted by atomic mass is 10.1. The van der Waals surface area contributed by atoms with Gasteiger partial charge in [-0.05, 0) is 53.9 Å². The summed E-state index contributed by atoms with van der Waals surface area (Å²) in [4.78, 5) is 10.5. The highest BCUT2D eigenvalue weighted by Crippen LogP contribution is 2.22. The van der Waals surface area contributed by atoms with Gasteiger partial charge in [0.15, 0.2) is 0 Å². The maximum Gasteiger partial charge on any atom is 0.332 e. The Morgan fingerprint density at radius 1 is 1.14 bits per heavy atom. The summed E-state index contributed by atoms with van der Waals surface area (Å²) < 4.78 is 5.77. The van der Waals surface area contributed by atoms with Crippen LogP contribution in [0.3, 0.4) is 0 Å². The van der Waals surface area contributed by atoms with Crippen molar-refractivity contribution in [2.24, 2.45) is 10.8 Å². The first kappa shape index (κ1) is 15.6. The molecule has 0 aliphatic carbocycles. The predicted molar refractivity (Wildman–Crippen MR) is 87.3 cm³/mol. The van der Waals surface area contributed by atoms with Gasteiger partial charge in [0.25, 0.3) is 0 Å². The van der Waals surface area contributed by atoms with Crippen LogP contribution in [0.15, 0.2) is 53.6 Å². The van der Waals surface area contributed by atoms with Crippen LogP contribution in [0, 0.1) is 0 Å². The van der Waals surface area contributed by atoms with Gasteiger partial charge in [-0.15, -0.1) is 0 Å². The van der Waals surface area contributed by atoms with E-state index in [1.165, 1.54) is 11.8 Å². The van der Waals surface area contributed by atoms with Crippen molar-refractivity contribution in [2.45, 2.75) is 19.8 Å². The van der Waals surface area contributed by atoms with E-state index < -0.39 is 6.03 Å². The average molecular weight is 297 g/mol. The first-order valence-electron chi connectivity index (χ1n) is 7.12. The van der Waals surface area contributed by atoms with Crippen LogP contribution in [-0.4, -0.2) is 12.2 Å². The molecule has 0 saturated carbocycles. The summed E-state index contributed by atoms with van der Waals surface area (Å²) in [5, 5.41) is 3.69. The zero-order chi connectivity index (χ0) is 15.8. The number of nitrogens with two attached hydrogens (primary N) is 1. The van der Waals surface area contributed by atoms with Gasteiger partial charge >= 0.3 is 6.03 Å². The molecule has 22 heavy (non-hydrogen) atoms. The number of hydrogen-bond donors (Lipinski definition) is 2. The van der Waals surface area contributed by atoms with Crippen molar-refractivity contribution in [2.75, 3.05) is 0 Å². The minimum atomic E-state index is -0.692. The second kappa shape index (κ2) is 7.83. The minimum Gasteiger partial charge on any atom is -0.457 e. The van der Waals surface area contributed by atoms with Crippen molar-refractivity contribution in [3.05, 3.63) is 59.7 Å². The highest BCUT2D eigenvalue weighted by atomic mass is 16.5. The van der Waals surface area contributed by atoms with Crippen LogP contribution in [-0.2, 0) is 6.42 Å². The summed E-state index contributed by atoms with van der Waals surface area (Å²) in [5.41, 5.74) is 9.19. The normalized spacial score (nSPS) is 10.6. The molecule has 0 atom stereocenters. The zero-order valence-electron chi connectivity index (χ0n) is 12.5. The summed E-state index contributed by atoms with van der Waals surface area (Å²) in [7, 11) is 0. The van der Waals surface area contributed by atoms with Gasteiger partial charge in [-0.3, -0.25) is 0 Å². The Hall–Kier alpha value is -2.82. The molecule has 114 valence electrons. The van der Waals surface area contributed by atoms with E-state index in [0.29, 0.717) is 0 Å². The van der Waals surface area contributed by atoms with Gasteiger partial charge in [-0.1, -0.05) is 25.5 Å². The second-order valence-corrected chi connectivity index (χ2v) is 4.80. The monoisotopic (exact) mass is 297 g/mol. The lowest BCUT2D eigenvalue weighted by molar-refractivity contribution is 0.249. The van der Waals surface area contributed by atoms with Crippen molar-refractivity contribution in [3.63, 3.8) is 0 Å². The number of primary amides is 1. The Labute approximate surface area is 129 Å². The summed E-state index contributed by atoms with van der Waals surface area (Å²) in [6, 6.07) is 14.8. The number of hydrogen-bond acceptors (Lipinski definition) is 3. The third-order valence-electron chi connectivity index (χ3n) is 2.97. The summed E-state index contributed by atoms with van der Waals surface area (Å²) >= 11 is 0. The van der Waals surface area contributed by atoms with E-state index in [1.54, 1.807) is 0 Å². The molecule has 0 unspecified atom stereocenters. The number of ether oxygens (including phenoxy) is 1. The number of urea groups is 1. The molecule has 0 aliphatic rings. The maximum absolute atomic E-state index is 10.5. The van der Waals surface area contributed by atoms with Crippen LogP contribution < -0.4 is 15.9 Å². The molecule has 0 spiro atoms. The number of hydrazone groups is 1. The van der Waals surface area contributed by atoms with Crippen LogP contribution in [0.25, 0.3) is 0 Å². The molecule has 5 heteroatoms. The molecule has 2 aromatic carbocycles. The van der Waals surface area contributed by atoms with Crippen molar-refractivity contribution in [3.8, 4) is 11.5 Å². The Morgan fingerprint density at radius 3 is 2.27 bits per heavy atom. The Bertz CT molecular complexity index is 634. The zero-order valence-corrected chi connectivity index (χ0v) is 12.5. The standard InChI is InChI=1S/C17H19N3O2/c1-2-3-13-4-8-15(9-5-13)22-16-10-6-14(7-11-16)12-19-20-17(18)21/h4-12H,2-3H2,1H3,(H3,18,20,21). The maximum atomic E-state index is 10.5. The van der Waals surface area contributed by atoms with Crippen molar-refractivity contribution in [1.82, 2.24) is 5.43 Å². The van der Waals surface area contributed by atoms with Gasteiger partial charge in [0.2, 0.25) is 0 Å². The van der Waals surface area contributed by atoms with Crippen LogP contribution in [0.4, 0.5) is 4.79 Å². The number of aryl methyl sites for hydroxylation is 1. The highest BCUT2D eigenvalue weighted by molar-refractivity contribution is 5.81. The highest BCUT2D eigenvalue weighted by Gasteiger charge is 1.98. The van der Waals surface area contributed by atoms with E-state index in [2.05, 4.69) is 29.6 Å². The Kier molecular flexibility index (Phi) is 5.54. The number of nitrogens with zero attached hydrogens (tertiary/aromatic N) is 1. The molecular weight excluding hydrogens is 278 g/mol. The van der Waals surface area contributed by atoms with Crippen molar-refractivity contribution < 1.29 is 9.53 Å². The smallest absolute Gasteiger partial charge is 0.332 e. The van der Waals surface area contributed by atoms with Gasteiger partial charge in [0.05, 0.1) is 6.21 Å². The van der Waals surface area contributed by atoms with Gasteiger partial charge < -0.3 is 10.5 Å². The number of benzene rings is 2. The second-order valence-electron chi connectivity index (χ2n) is 4.80. The number of nitrogens with one attached hydrogen (secondary N) is 1. The predicted octanol–water partition coefficient (Wildman–Crippen LogP) is 3.43. The molecule has 0 heterocycles. The van der Waals surface area contributed by atoms with E-state index >= 15 is 0 Å². The van der Waals surface area contributed by atoms with E-state index in [9.17, 15) is 4.79 Å². The molecular formula is C17H19N3O2. The molecule has 0 aliphatic heterocycles. The van der Waals surface area contributed by atoms with Gasteiger partial charge in [-0.25, -0.2) is 10.2 Å². The summed E-state index contributed by atoms with van der Waals surface area (Å²) in [6.45, 7) is 2.16. The van der Waals surface area contributed by atoms with Crippen LogP contribution in [0.1, 0.15) is 24.5 Å². The minimum absolute atomic E-state index is 0.692. The third-order valence-corrected chi connectivity index (χ3v) is 2.97. The fourth-order valence-corrected chi connectivity index (χ4v) is 1.94. The first-order chi connectivity index (χ1) is 10.7. The molecule has 0 aromatic heterocycles. The largest absolute Gasteiger partial charge is 0.457 e. The molecule has 2 amide bonds. The topological polar surface area (TPSA) is 76.7 Å².